The summed E-state index contributed by atoms with van der Waals surface area (Å²) in [6, 6.07) is -0.469. The molecule has 5 aliphatic carbocycles. The molecule has 0 aromatic carbocycles. The number of amides is 3. The molecule has 3 amide bonds. The average molecular weight is 768 g/mol. The first-order valence-electron chi connectivity index (χ1n) is 21.0. The first kappa shape index (κ1) is 41.5. The molecule has 55 heavy (non-hydrogen) atoms. The highest BCUT2D eigenvalue weighted by atomic mass is 16.6. The molecule has 8 atom stereocenters. The molecular weight excluding hydrogens is 698 g/mol. The van der Waals surface area contributed by atoms with Gasteiger partial charge in [0.15, 0.2) is 5.78 Å². The maximum Gasteiger partial charge on any atom is 0.410 e. The number of carbonyl (C=O) groups excluding carboxylic acids is 4. The lowest BCUT2D eigenvalue weighted by atomic mass is 9.33. The number of allylic oxidation sites excluding steroid dienone is 1. The second-order valence-electron chi connectivity index (χ2n) is 21.7. The fourth-order valence-electron chi connectivity index (χ4n) is 13.1. The molecule has 0 radical (unpaired) electrons. The molecule has 1 aliphatic heterocycles. The van der Waals surface area contributed by atoms with Crippen molar-refractivity contribution in [1.29, 1.82) is 0 Å². The van der Waals surface area contributed by atoms with Crippen molar-refractivity contribution in [3.63, 3.8) is 0 Å². The molecule has 3 N–H and O–H groups in total. The predicted molar refractivity (Wildman–Crippen MR) is 209 cm³/mol. The lowest BCUT2D eigenvalue weighted by Gasteiger charge is -2.72. The van der Waals surface area contributed by atoms with Gasteiger partial charge >= 0.3 is 24.1 Å². The number of esters is 1. The Bertz CT molecular complexity index is 1650. The molecule has 0 unspecified atom stereocenters. The number of nitrogens with one attached hydrogen (secondary N) is 2. The highest BCUT2D eigenvalue weighted by Crippen LogP contribution is 2.76. The van der Waals surface area contributed by atoms with E-state index in [0.29, 0.717) is 37.8 Å². The van der Waals surface area contributed by atoms with E-state index >= 15 is 0 Å². The summed E-state index contributed by atoms with van der Waals surface area (Å²) in [6.45, 7) is 25.6. The molecule has 5 fully saturated rings. The van der Waals surface area contributed by atoms with E-state index in [1.165, 1.54) is 5.57 Å². The molecule has 6 aliphatic rings. The van der Waals surface area contributed by atoms with E-state index in [1.54, 1.807) is 18.7 Å². The van der Waals surface area contributed by atoms with Crippen LogP contribution in [0.15, 0.2) is 11.1 Å². The van der Waals surface area contributed by atoms with Crippen molar-refractivity contribution in [2.45, 2.75) is 171 Å². The van der Waals surface area contributed by atoms with Crippen molar-refractivity contribution in [1.82, 2.24) is 15.5 Å². The Morgan fingerprint density at radius 2 is 1.53 bits per heavy atom. The summed E-state index contributed by atoms with van der Waals surface area (Å²) in [5.74, 6) is -0.302. The van der Waals surface area contributed by atoms with Crippen molar-refractivity contribution in [3.8, 4) is 0 Å². The number of ether oxygens (including phenoxy) is 2. The summed E-state index contributed by atoms with van der Waals surface area (Å²) < 4.78 is 11.6. The molecule has 308 valence electrons. The summed E-state index contributed by atoms with van der Waals surface area (Å²) in [4.78, 5) is 66.7. The molecule has 11 heteroatoms. The molecule has 1 heterocycles. The van der Waals surface area contributed by atoms with Crippen LogP contribution in [0.3, 0.4) is 0 Å². The molecule has 1 saturated heterocycles. The molecule has 0 spiro atoms. The van der Waals surface area contributed by atoms with E-state index in [-0.39, 0.29) is 70.0 Å². The average Bonchev–Trinajstić information content (AvgIpc) is 3.31. The number of urea groups is 1. The maximum atomic E-state index is 14.0. The number of hydrogen-bond acceptors (Lipinski definition) is 7. The second kappa shape index (κ2) is 13.5. The fourth-order valence-corrected chi connectivity index (χ4v) is 13.1. The number of aliphatic carboxylic acids is 1. The highest BCUT2D eigenvalue weighted by molar-refractivity contribution is 6.02. The molecule has 0 aromatic rings. The van der Waals surface area contributed by atoms with Crippen LogP contribution >= 0.6 is 0 Å². The number of carbonyl (C=O) groups is 5. The van der Waals surface area contributed by atoms with E-state index in [0.717, 1.165) is 50.5 Å². The lowest BCUT2D eigenvalue weighted by Crippen LogP contribution is -2.68. The Morgan fingerprint density at radius 3 is 2.13 bits per heavy atom. The van der Waals surface area contributed by atoms with Gasteiger partial charge in [-0.1, -0.05) is 48.5 Å². The first-order chi connectivity index (χ1) is 25.2. The van der Waals surface area contributed by atoms with Gasteiger partial charge in [0, 0.05) is 24.9 Å². The Labute approximate surface area is 328 Å². The number of carboxylic acid groups (broad SMARTS) is 1. The summed E-state index contributed by atoms with van der Waals surface area (Å²) in [5.41, 5.74) is -0.735. The number of hydrogen-bond donors (Lipinski definition) is 3. The quantitative estimate of drug-likeness (QED) is 0.220. The zero-order valence-corrected chi connectivity index (χ0v) is 35.7. The minimum Gasteiger partial charge on any atom is -0.481 e. The number of ketones is 1. The number of fused-ring (bicyclic) bond motifs is 7. The van der Waals surface area contributed by atoms with Gasteiger partial charge in [0.05, 0.1) is 23.4 Å². The summed E-state index contributed by atoms with van der Waals surface area (Å²) in [7, 11) is 0. The van der Waals surface area contributed by atoms with Gasteiger partial charge in [0.25, 0.3) is 0 Å². The topological polar surface area (TPSA) is 151 Å². The fraction of sp³-hybridized carbons (Fsp3) is 0.841. The Hall–Kier alpha value is -3.11. The highest BCUT2D eigenvalue weighted by Gasteiger charge is 2.70. The summed E-state index contributed by atoms with van der Waals surface area (Å²) >= 11 is 0. The number of rotatable bonds is 7. The number of Topliss-reactive ketones (excluding diaryl/α,β-unsaturated/α-hetero) is 1. The number of carboxylic acids is 1. The van der Waals surface area contributed by atoms with Gasteiger partial charge in [-0.25, -0.2) is 9.59 Å². The smallest absolute Gasteiger partial charge is 0.410 e. The van der Waals surface area contributed by atoms with Crippen LogP contribution in [0.2, 0.25) is 0 Å². The van der Waals surface area contributed by atoms with Gasteiger partial charge in [-0.2, -0.15) is 0 Å². The van der Waals surface area contributed by atoms with Crippen molar-refractivity contribution < 1.29 is 38.6 Å². The maximum absolute atomic E-state index is 14.0. The third-order valence-electron chi connectivity index (χ3n) is 16.0. The molecule has 6 rings (SSSR count). The SMILES string of the molecule is CC(C)C1=C2[C@H]3CC[C@@H]4[C@@]5(C)CC[C@H](OC(=O)CC(C)(C)C(=O)O)C(C)(C)[C@@H]5CC[C@@]4(C)[C@]3(C)CC[C@@]2(NC(=O)NC2CN(C(=O)OC(C)(C)C)C2)CC1=O. The molecular formula is C44H69N3O8. The van der Waals surface area contributed by atoms with Crippen molar-refractivity contribution in [3.05, 3.63) is 11.1 Å². The third-order valence-corrected chi connectivity index (χ3v) is 16.0. The second-order valence-corrected chi connectivity index (χ2v) is 21.7. The van der Waals surface area contributed by atoms with E-state index in [9.17, 15) is 29.1 Å². The Balaban J connectivity index is 1.21. The minimum atomic E-state index is -1.18. The normalized spacial score (nSPS) is 37.2. The zero-order valence-electron chi connectivity index (χ0n) is 35.7. The van der Waals surface area contributed by atoms with E-state index in [4.69, 9.17) is 9.47 Å². The van der Waals surface area contributed by atoms with Gasteiger partial charge in [-0.15, -0.1) is 0 Å². The standard InChI is InChI=1S/C44H69N3O8/c1-25(2)33-28(48)21-44(46-36(52)45-26-23-47(24-26)37(53)55-38(3,4)5)20-19-42(11)27(34(33)44)13-14-30-41(10)17-16-31(54-32(49)22-39(6,7)35(50)51)40(8,9)29(41)15-18-43(30,42)12/h25-27,29-31H,13-24H2,1-12H3,(H,50,51)(H2,45,46,52)/t27-,29+,30-,31+,41+,42-,43-,44-/m1/s1. The first-order valence-corrected chi connectivity index (χ1v) is 21.0. The van der Waals surface area contributed by atoms with Crippen LogP contribution in [0.4, 0.5) is 9.59 Å². The van der Waals surface area contributed by atoms with Gasteiger partial charge < -0.3 is 30.1 Å². The van der Waals surface area contributed by atoms with Crippen LogP contribution < -0.4 is 10.6 Å². The molecule has 0 aromatic heterocycles. The van der Waals surface area contributed by atoms with Crippen LogP contribution in [0, 0.1) is 50.7 Å². The molecule has 11 nitrogen and oxygen atoms in total. The largest absolute Gasteiger partial charge is 0.481 e. The van der Waals surface area contributed by atoms with Crippen LogP contribution in [0.5, 0.6) is 0 Å². The van der Waals surface area contributed by atoms with Crippen molar-refractivity contribution in [2.75, 3.05) is 13.1 Å². The van der Waals surface area contributed by atoms with Crippen molar-refractivity contribution in [2.24, 2.45) is 50.7 Å². The van der Waals surface area contributed by atoms with E-state index in [2.05, 4.69) is 59.1 Å². The zero-order chi connectivity index (χ0) is 40.9. The van der Waals surface area contributed by atoms with Gasteiger partial charge in [-0.3, -0.25) is 14.4 Å². The number of nitrogens with zero attached hydrogens (tertiary/aromatic N) is 1. The Kier molecular flexibility index (Phi) is 10.2. The van der Waals surface area contributed by atoms with Crippen LogP contribution in [0.25, 0.3) is 0 Å². The minimum absolute atomic E-state index is 0.00152. The third kappa shape index (κ3) is 6.79. The van der Waals surface area contributed by atoms with Gasteiger partial charge in [-0.05, 0) is 137 Å². The monoisotopic (exact) mass is 768 g/mol. The summed E-state index contributed by atoms with van der Waals surface area (Å²) in [5, 5.41) is 16.1. The van der Waals surface area contributed by atoms with Crippen molar-refractivity contribution >= 4 is 29.8 Å². The van der Waals surface area contributed by atoms with E-state index in [1.807, 2.05) is 20.8 Å². The lowest BCUT2D eigenvalue weighted by molar-refractivity contribution is -0.232. The Morgan fingerprint density at radius 1 is 0.873 bits per heavy atom. The van der Waals surface area contributed by atoms with Gasteiger partial charge in [0.1, 0.15) is 11.7 Å². The number of likely N-dealkylation sites (tertiary alicyclic amines) is 1. The van der Waals surface area contributed by atoms with Crippen LogP contribution in [-0.4, -0.2) is 76.2 Å². The molecule has 0 bridgehead atoms. The van der Waals surface area contributed by atoms with Crippen LogP contribution in [-0.2, 0) is 23.9 Å². The van der Waals surface area contributed by atoms with Crippen LogP contribution in [0.1, 0.15) is 147 Å². The molecule has 4 saturated carbocycles. The van der Waals surface area contributed by atoms with E-state index < -0.39 is 28.5 Å². The van der Waals surface area contributed by atoms with Gasteiger partial charge in [0.2, 0.25) is 0 Å². The summed E-state index contributed by atoms with van der Waals surface area (Å²) in [6.07, 6.45) is 6.84. The predicted octanol–water partition coefficient (Wildman–Crippen LogP) is 8.05.